The van der Waals surface area contributed by atoms with Crippen LogP contribution in [-0.4, -0.2) is 16.5 Å². The Morgan fingerprint density at radius 1 is 1.10 bits per heavy atom. The lowest BCUT2D eigenvalue weighted by Gasteiger charge is -2.11. The van der Waals surface area contributed by atoms with Crippen molar-refractivity contribution in [2.45, 2.75) is 13.8 Å². The number of aromatic nitrogens is 2. The maximum Gasteiger partial charge on any atom is 0.127 e. The number of para-hydroxylation sites is 1. The third kappa shape index (κ3) is 2.94. The summed E-state index contributed by atoms with van der Waals surface area (Å²) in [7, 11) is 0. The minimum Gasteiger partial charge on any atom is -0.370 e. The largest absolute Gasteiger partial charge is 0.370 e. The Balaban J connectivity index is 1.98. The first kappa shape index (κ1) is 13.4. The predicted molar refractivity (Wildman–Crippen MR) is 88.2 cm³/mol. The first-order chi connectivity index (χ1) is 10.3. The lowest BCUT2D eigenvalue weighted by molar-refractivity contribution is 1.16. The standard InChI is InChI=1S/C17H18N4/c1-3-18-16-11-14(9-10-19-16)21-15-6-4-5-13-8-7-12(2)20-17(13)15/h4-11H,3H2,1-2H3,(H2,18,19,21). The summed E-state index contributed by atoms with van der Waals surface area (Å²) >= 11 is 0. The second kappa shape index (κ2) is 5.79. The summed E-state index contributed by atoms with van der Waals surface area (Å²) in [6.45, 7) is 4.91. The highest BCUT2D eigenvalue weighted by Crippen LogP contribution is 2.25. The number of nitrogens with one attached hydrogen (secondary N) is 2. The maximum atomic E-state index is 4.64. The monoisotopic (exact) mass is 278 g/mol. The molecule has 21 heavy (non-hydrogen) atoms. The van der Waals surface area contributed by atoms with Crippen molar-refractivity contribution in [3.63, 3.8) is 0 Å². The molecule has 0 aliphatic heterocycles. The summed E-state index contributed by atoms with van der Waals surface area (Å²) in [6, 6.07) is 14.2. The summed E-state index contributed by atoms with van der Waals surface area (Å²) in [6.07, 6.45) is 1.80. The van der Waals surface area contributed by atoms with Gasteiger partial charge in [0.25, 0.3) is 0 Å². The number of aryl methyl sites for hydroxylation is 1. The van der Waals surface area contributed by atoms with Crippen molar-refractivity contribution >= 4 is 28.1 Å². The number of benzene rings is 1. The molecule has 2 aromatic heterocycles. The van der Waals surface area contributed by atoms with E-state index < -0.39 is 0 Å². The number of pyridine rings is 2. The summed E-state index contributed by atoms with van der Waals surface area (Å²) in [5.41, 5.74) is 4.00. The van der Waals surface area contributed by atoms with E-state index in [0.717, 1.165) is 40.3 Å². The average Bonchev–Trinajstić information content (AvgIpc) is 2.49. The van der Waals surface area contributed by atoms with E-state index in [1.54, 1.807) is 6.20 Å². The fraction of sp³-hybridized carbons (Fsp3) is 0.176. The first-order valence-corrected chi connectivity index (χ1v) is 7.09. The summed E-state index contributed by atoms with van der Waals surface area (Å²) in [5.74, 6) is 0.867. The van der Waals surface area contributed by atoms with Crippen molar-refractivity contribution < 1.29 is 0 Å². The van der Waals surface area contributed by atoms with E-state index in [-0.39, 0.29) is 0 Å². The number of hydrogen-bond donors (Lipinski definition) is 2. The molecule has 0 amide bonds. The Bertz CT molecular complexity index is 768. The van der Waals surface area contributed by atoms with Gasteiger partial charge in [-0.15, -0.1) is 0 Å². The van der Waals surface area contributed by atoms with Crippen LogP contribution in [0.4, 0.5) is 17.2 Å². The van der Waals surface area contributed by atoms with E-state index in [2.05, 4.69) is 39.7 Å². The summed E-state index contributed by atoms with van der Waals surface area (Å²) in [5, 5.41) is 7.77. The minimum absolute atomic E-state index is 0.853. The van der Waals surface area contributed by atoms with Gasteiger partial charge in [-0.2, -0.15) is 0 Å². The van der Waals surface area contributed by atoms with Crippen LogP contribution in [0.15, 0.2) is 48.7 Å². The number of hydrogen-bond acceptors (Lipinski definition) is 4. The van der Waals surface area contributed by atoms with Gasteiger partial charge in [-0.3, -0.25) is 4.98 Å². The Hall–Kier alpha value is -2.62. The number of nitrogens with zero attached hydrogens (tertiary/aromatic N) is 2. The second-order valence-electron chi connectivity index (χ2n) is 4.92. The fourth-order valence-corrected chi connectivity index (χ4v) is 2.29. The van der Waals surface area contributed by atoms with Crippen molar-refractivity contribution in [3.8, 4) is 0 Å². The van der Waals surface area contributed by atoms with Gasteiger partial charge in [0.1, 0.15) is 5.82 Å². The van der Waals surface area contributed by atoms with Crippen LogP contribution in [0.2, 0.25) is 0 Å². The zero-order chi connectivity index (χ0) is 14.7. The van der Waals surface area contributed by atoms with E-state index in [1.807, 2.05) is 37.3 Å². The highest BCUT2D eigenvalue weighted by atomic mass is 15.0. The second-order valence-corrected chi connectivity index (χ2v) is 4.92. The van der Waals surface area contributed by atoms with Crippen molar-refractivity contribution in [1.29, 1.82) is 0 Å². The lowest BCUT2D eigenvalue weighted by atomic mass is 10.1. The minimum atomic E-state index is 0.853. The van der Waals surface area contributed by atoms with Crippen molar-refractivity contribution in [2.75, 3.05) is 17.2 Å². The van der Waals surface area contributed by atoms with Gasteiger partial charge < -0.3 is 10.6 Å². The van der Waals surface area contributed by atoms with Gasteiger partial charge >= 0.3 is 0 Å². The zero-order valence-electron chi connectivity index (χ0n) is 12.2. The van der Waals surface area contributed by atoms with Gasteiger partial charge in [-0.05, 0) is 32.0 Å². The molecule has 106 valence electrons. The molecule has 0 atom stereocenters. The van der Waals surface area contributed by atoms with Crippen LogP contribution in [0.1, 0.15) is 12.6 Å². The normalized spacial score (nSPS) is 10.6. The number of fused-ring (bicyclic) bond motifs is 1. The van der Waals surface area contributed by atoms with Crippen LogP contribution < -0.4 is 10.6 Å². The molecule has 1 aromatic carbocycles. The highest BCUT2D eigenvalue weighted by molar-refractivity contribution is 5.92. The number of anilines is 3. The summed E-state index contributed by atoms with van der Waals surface area (Å²) < 4.78 is 0. The van der Waals surface area contributed by atoms with Crippen LogP contribution in [0.5, 0.6) is 0 Å². The Labute approximate surface area is 124 Å². The highest BCUT2D eigenvalue weighted by Gasteiger charge is 2.04. The van der Waals surface area contributed by atoms with E-state index in [4.69, 9.17) is 0 Å². The third-order valence-electron chi connectivity index (χ3n) is 3.26. The average molecular weight is 278 g/mol. The molecule has 0 saturated carbocycles. The molecule has 2 heterocycles. The SMILES string of the molecule is CCNc1cc(Nc2cccc3ccc(C)nc23)ccn1. The Morgan fingerprint density at radius 3 is 2.86 bits per heavy atom. The molecule has 0 unspecified atom stereocenters. The van der Waals surface area contributed by atoms with Crippen LogP contribution in [0, 0.1) is 6.92 Å². The van der Waals surface area contributed by atoms with Gasteiger partial charge in [0.15, 0.2) is 0 Å². The zero-order valence-corrected chi connectivity index (χ0v) is 12.2. The van der Waals surface area contributed by atoms with E-state index in [1.165, 1.54) is 0 Å². The molecule has 4 nitrogen and oxygen atoms in total. The maximum absolute atomic E-state index is 4.64. The quantitative estimate of drug-likeness (QED) is 0.754. The Morgan fingerprint density at radius 2 is 2.00 bits per heavy atom. The molecule has 0 fully saturated rings. The van der Waals surface area contributed by atoms with Crippen LogP contribution in [-0.2, 0) is 0 Å². The van der Waals surface area contributed by atoms with Crippen molar-refractivity contribution in [3.05, 3.63) is 54.4 Å². The summed E-state index contributed by atoms with van der Waals surface area (Å²) in [4.78, 5) is 8.92. The molecule has 0 spiro atoms. The van der Waals surface area contributed by atoms with Gasteiger partial charge in [0.05, 0.1) is 11.2 Å². The van der Waals surface area contributed by atoms with E-state index in [0.29, 0.717) is 0 Å². The van der Waals surface area contributed by atoms with E-state index >= 15 is 0 Å². The molecule has 0 saturated heterocycles. The van der Waals surface area contributed by atoms with Crippen LogP contribution in [0.3, 0.4) is 0 Å². The first-order valence-electron chi connectivity index (χ1n) is 7.09. The van der Waals surface area contributed by atoms with Crippen LogP contribution in [0.25, 0.3) is 10.9 Å². The number of rotatable bonds is 4. The third-order valence-corrected chi connectivity index (χ3v) is 3.26. The molecule has 3 rings (SSSR count). The molecule has 0 aliphatic rings. The molecular weight excluding hydrogens is 260 g/mol. The molecule has 4 heteroatoms. The molecule has 2 N–H and O–H groups in total. The van der Waals surface area contributed by atoms with Crippen LogP contribution >= 0.6 is 0 Å². The molecule has 0 radical (unpaired) electrons. The van der Waals surface area contributed by atoms with Gasteiger partial charge in [0, 0.05) is 35.6 Å². The van der Waals surface area contributed by atoms with Crippen molar-refractivity contribution in [2.24, 2.45) is 0 Å². The molecule has 3 aromatic rings. The topological polar surface area (TPSA) is 49.8 Å². The molecule has 0 bridgehead atoms. The molecule has 0 aliphatic carbocycles. The van der Waals surface area contributed by atoms with Gasteiger partial charge in [0.2, 0.25) is 0 Å². The lowest BCUT2D eigenvalue weighted by Crippen LogP contribution is -2.00. The molecular formula is C17H18N4. The predicted octanol–water partition coefficient (Wildman–Crippen LogP) is 4.11. The van der Waals surface area contributed by atoms with Gasteiger partial charge in [-0.25, -0.2) is 4.98 Å². The smallest absolute Gasteiger partial charge is 0.127 e. The fourth-order valence-electron chi connectivity index (χ4n) is 2.29. The van der Waals surface area contributed by atoms with Crippen molar-refractivity contribution in [1.82, 2.24) is 9.97 Å². The Kier molecular flexibility index (Phi) is 3.69. The van der Waals surface area contributed by atoms with E-state index in [9.17, 15) is 0 Å². The van der Waals surface area contributed by atoms with Gasteiger partial charge in [-0.1, -0.05) is 18.2 Å².